The van der Waals surface area contributed by atoms with E-state index in [9.17, 15) is 0 Å². The van der Waals surface area contributed by atoms with E-state index in [-0.39, 0.29) is 0 Å². The monoisotopic (exact) mass is 255 g/mol. The fourth-order valence-electron chi connectivity index (χ4n) is 1.81. The van der Waals surface area contributed by atoms with Gasteiger partial charge in [-0.25, -0.2) is 4.98 Å². The summed E-state index contributed by atoms with van der Waals surface area (Å²) in [6, 6.07) is 17.4. The summed E-state index contributed by atoms with van der Waals surface area (Å²) in [5.41, 5.74) is 0. The van der Waals surface area contributed by atoms with Gasteiger partial charge in [0.15, 0.2) is 0 Å². The fraction of sp³-hybridized carbons (Fsp3) is 0. The van der Waals surface area contributed by atoms with E-state index in [0.29, 0.717) is 5.15 Å². The van der Waals surface area contributed by atoms with Crippen LogP contribution >= 0.6 is 11.6 Å². The lowest BCUT2D eigenvalue weighted by Gasteiger charge is -2.07. The quantitative estimate of drug-likeness (QED) is 0.620. The fourth-order valence-corrected chi connectivity index (χ4v) is 2.04. The van der Waals surface area contributed by atoms with Crippen LogP contribution in [0.1, 0.15) is 0 Å². The Morgan fingerprint density at radius 3 is 2.56 bits per heavy atom. The molecule has 0 N–H and O–H groups in total. The molecule has 18 heavy (non-hydrogen) atoms. The zero-order chi connectivity index (χ0) is 12.4. The highest BCUT2D eigenvalue weighted by atomic mass is 35.5. The number of halogens is 1. The van der Waals surface area contributed by atoms with E-state index in [1.807, 2.05) is 54.6 Å². The van der Waals surface area contributed by atoms with Gasteiger partial charge in [0.05, 0.1) is 0 Å². The molecule has 88 valence electrons. The number of fused-ring (bicyclic) bond motifs is 1. The summed E-state index contributed by atoms with van der Waals surface area (Å²) < 4.78 is 5.76. The van der Waals surface area contributed by atoms with Crippen LogP contribution in [0.25, 0.3) is 10.8 Å². The summed E-state index contributed by atoms with van der Waals surface area (Å²) in [5.74, 6) is 1.60. The topological polar surface area (TPSA) is 22.1 Å². The first kappa shape index (κ1) is 11.1. The van der Waals surface area contributed by atoms with Crippen LogP contribution in [0.2, 0.25) is 5.15 Å². The van der Waals surface area contributed by atoms with Crippen LogP contribution in [0.3, 0.4) is 0 Å². The molecule has 2 nitrogen and oxygen atoms in total. The third-order valence-electron chi connectivity index (χ3n) is 2.67. The van der Waals surface area contributed by atoms with Gasteiger partial charge in [0.25, 0.3) is 0 Å². The third kappa shape index (κ3) is 2.15. The second-order valence-corrected chi connectivity index (χ2v) is 4.26. The van der Waals surface area contributed by atoms with Crippen LogP contribution in [-0.2, 0) is 0 Å². The third-order valence-corrected chi connectivity index (χ3v) is 2.97. The second kappa shape index (κ2) is 4.67. The van der Waals surface area contributed by atoms with Gasteiger partial charge in [-0.05, 0) is 41.8 Å². The maximum absolute atomic E-state index is 6.02. The summed E-state index contributed by atoms with van der Waals surface area (Å²) in [6.07, 6.45) is 1.69. The number of nitrogens with zero attached hydrogens (tertiary/aromatic N) is 1. The lowest BCUT2D eigenvalue weighted by Crippen LogP contribution is -1.84. The number of ether oxygens (including phenoxy) is 1. The van der Waals surface area contributed by atoms with Gasteiger partial charge in [0, 0.05) is 11.6 Å². The van der Waals surface area contributed by atoms with E-state index in [2.05, 4.69) is 4.98 Å². The van der Waals surface area contributed by atoms with Crippen LogP contribution in [0.5, 0.6) is 11.5 Å². The molecule has 2 aromatic carbocycles. The Morgan fingerprint density at radius 1 is 0.889 bits per heavy atom. The smallest absolute Gasteiger partial charge is 0.136 e. The number of para-hydroxylation sites is 1. The number of hydrogen-bond donors (Lipinski definition) is 0. The minimum absolute atomic E-state index is 0.513. The summed E-state index contributed by atoms with van der Waals surface area (Å²) in [4.78, 5) is 4.05. The van der Waals surface area contributed by atoms with Gasteiger partial charge in [0.1, 0.15) is 16.7 Å². The van der Waals surface area contributed by atoms with Crippen molar-refractivity contribution in [3.63, 3.8) is 0 Å². The minimum Gasteiger partial charge on any atom is -0.457 e. The molecule has 1 heterocycles. The van der Waals surface area contributed by atoms with Gasteiger partial charge in [0.2, 0.25) is 0 Å². The molecule has 0 radical (unpaired) electrons. The van der Waals surface area contributed by atoms with Crippen molar-refractivity contribution in [3.05, 3.63) is 65.9 Å². The number of rotatable bonds is 2. The predicted octanol–water partition coefficient (Wildman–Crippen LogP) is 4.68. The molecule has 0 aliphatic rings. The highest BCUT2D eigenvalue weighted by Crippen LogP contribution is 2.27. The van der Waals surface area contributed by atoms with E-state index in [0.717, 1.165) is 22.3 Å². The van der Waals surface area contributed by atoms with Gasteiger partial charge >= 0.3 is 0 Å². The Bertz CT molecular complexity index is 682. The molecule has 0 bridgehead atoms. The Morgan fingerprint density at radius 2 is 1.72 bits per heavy atom. The van der Waals surface area contributed by atoms with Gasteiger partial charge < -0.3 is 4.74 Å². The summed E-state index contributed by atoms with van der Waals surface area (Å²) in [7, 11) is 0. The van der Waals surface area contributed by atoms with Gasteiger partial charge in [-0.1, -0.05) is 29.8 Å². The molecule has 0 amide bonds. The highest BCUT2D eigenvalue weighted by molar-refractivity contribution is 6.34. The van der Waals surface area contributed by atoms with Crippen LogP contribution in [0.4, 0.5) is 0 Å². The molecule has 3 aromatic rings. The molecule has 0 fully saturated rings. The van der Waals surface area contributed by atoms with E-state index in [1.165, 1.54) is 0 Å². The molecule has 0 aliphatic carbocycles. The molecular weight excluding hydrogens is 246 g/mol. The molecule has 0 aliphatic heterocycles. The Balaban J connectivity index is 1.99. The van der Waals surface area contributed by atoms with E-state index in [1.54, 1.807) is 6.20 Å². The van der Waals surface area contributed by atoms with Crippen LogP contribution in [0, 0.1) is 0 Å². The lowest BCUT2D eigenvalue weighted by atomic mass is 10.2. The normalized spacial score (nSPS) is 10.5. The van der Waals surface area contributed by atoms with Crippen molar-refractivity contribution in [2.24, 2.45) is 0 Å². The SMILES string of the molecule is Clc1nccc2cc(Oc3ccccc3)ccc12. The summed E-state index contributed by atoms with van der Waals surface area (Å²) in [5, 5.41) is 2.46. The zero-order valence-corrected chi connectivity index (χ0v) is 10.3. The molecule has 0 spiro atoms. The van der Waals surface area contributed by atoms with E-state index < -0.39 is 0 Å². The van der Waals surface area contributed by atoms with Crippen molar-refractivity contribution >= 4 is 22.4 Å². The summed E-state index contributed by atoms with van der Waals surface area (Å²) >= 11 is 6.02. The first-order chi connectivity index (χ1) is 8.83. The first-order valence-corrected chi connectivity index (χ1v) is 5.98. The molecule has 3 rings (SSSR count). The highest BCUT2D eigenvalue weighted by Gasteiger charge is 2.02. The molecular formula is C15H10ClNO. The van der Waals surface area contributed by atoms with Crippen molar-refractivity contribution < 1.29 is 4.74 Å². The van der Waals surface area contributed by atoms with E-state index >= 15 is 0 Å². The van der Waals surface area contributed by atoms with Crippen molar-refractivity contribution in [1.82, 2.24) is 4.98 Å². The predicted molar refractivity (Wildman–Crippen MR) is 73.3 cm³/mol. The molecule has 0 atom stereocenters. The minimum atomic E-state index is 0.513. The Hall–Kier alpha value is -2.06. The summed E-state index contributed by atoms with van der Waals surface area (Å²) in [6.45, 7) is 0. The number of hydrogen-bond acceptors (Lipinski definition) is 2. The standard InChI is InChI=1S/C15H10ClNO/c16-15-14-7-6-13(10-11(14)8-9-17-15)18-12-4-2-1-3-5-12/h1-10H. The molecule has 0 saturated heterocycles. The van der Waals surface area contributed by atoms with E-state index in [4.69, 9.17) is 16.3 Å². The second-order valence-electron chi connectivity index (χ2n) is 3.90. The average molecular weight is 256 g/mol. The Labute approximate surface area is 110 Å². The Kier molecular flexibility index (Phi) is 2.87. The molecule has 3 heteroatoms. The van der Waals surface area contributed by atoms with Crippen molar-refractivity contribution in [2.45, 2.75) is 0 Å². The number of benzene rings is 2. The van der Waals surface area contributed by atoms with Crippen LogP contribution < -0.4 is 4.74 Å². The van der Waals surface area contributed by atoms with Crippen molar-refractivity contribution in [3.8, 4) is 11.5 Å². The first-order valence-electron chi connectivity index (χ1n) is 5.60. The largest absolute Gasteiger partial charge is 0.457 e. The molecule has 1 aromatic heterocycles. The van der Waals surface area contributed by atoms with Crippen LogP contribution in [0.15, 0.2) is 60.8 Å². The molecule has 0 unspecified atom stereocenters. The van der Waals surface area contributed by atoms with Crippen molar-refractivity contribution in [1.29, 1.82) is 0 Å². The van der Waals surface area contributed by atoms with Gasteiger partial charge in [-0.15, -0.1) is 0 Å². The maximum Gasteiger partial charge on any atom is 0.136 e. The number of aromatic nitrogens is 1. The van der Waals surface area contributed by atoms with Crippen molar-refractivity contribution in [2.75, 3.05) is 0 Å². The lowest BCUT2D eigenvalue weighted by molar-refractivity contribution is 0.483. The average Bonchev–Trinajstić information content (AvgIpc) is 2.40. The zero-order valence-electron chi connectivity index (χ0n) is 9.51. The van der Waals surface area contributed by atoms with Gasteiger partial charge in [-0.2, -0.15) is 0 Å². The molecule has 0 saturated carbocycles. The maximum atomic E-state index is 6.02. The van der Waals surface area contributed by atoms with Crippen LogP contribution in [-0.4, -0.2) is 4.98 Å². The van der Waals surface area contributed by atoms with Gasteiger partial charge in [-0.3, -0.25) is 0 Å². The number of pyridine rings is 1.